The van der Waals surface area contributed by atoms with Crippen molar-refractivity contribution in [1.82, 2.24) is 14.9 Å². The summed E-state index contributed by atoms with van der Waals surface area (Å²) in [5, 5.41) is 3.08. The molecule has 0 aliphatic carbocycles. The molecule has 0 fully saturated rings. The molecule has 0 aliphatic rings. The Kier molecular flexibility index (Phi) is 4.09. The maximum Gasteiger partial charge on any atom is 0.248 e. The second-order valence-electron chi connectivity index (χ2n) is 4.49. The maximum absolute atomic E-state index is 11.3. The molecule has 7 heteroatoms. The van der Waals surface area contributed by atoms with Crippen molar-refractivity contribution in [1.29, 1.82) is 0 Å². The smallest absolute Gasteiger partial charge is 0.248 e. The van der Waals surface area contributed by atoms with E-state index in [0.29, 0.717) is 22.8 Å². The van der Waals surface area contributed by atoms with E-state index in [2.05, 4.69) is 10.3 Å². The number of aryl methyl sites for hydroxylation is 1. The van der Waals surface area contributed by atoms with Crippen LogP contribution >= 0.6 is 0 Å². The zero-order valence-corrected chi connectivity index (χ0v) is 11.6. The monoisotopic (exact) mass is 277 g/mol. The Balaban J connectivity index is 2.53. The van der Waals surface area contributed by atoms with Gasteiger partial charge in [0.25, 0.3) is 0 Å². The van der Waals surface area contributed by atoms with Crippen LogP contribution in [0.3, 0.4) is 0 Å². The van der Waals surface area contributed by atoms with Crippen LogP contribution in [0.15, 0.2) is 12.1 Å². The van der Waals surface area contributed by atoms with Gasteiger partial charge in [0.15, 0.2) is 0 Å². The number of nitrogens with one attached hydrogen (secondary N) is 1. The van der Waals surface area contributed by atoms with Gasteiger partial charge in [-0.15, -0.1) is 0 Å². The highest BCUT2D eigenvalue weighted by Gasteiger charge is 2.16. The predicted octanol–water partition coefficient (Wildman–Crippen LogP) is 0.336. The molecule has 108 valence electrons. The molecule has 0 radical (unpaired) electrons. The SMILES string of the molecule is CNCCCn1c(N)nc2cc(C(N)=O)cc(OC)c21. The molecule has 7 nitrogen and oxygen atoms in total. The van der Waals surface area contributed by atoms with Crippen molar-refractivity contribution in [3.8, 4) is 5.75 Å². The second-order valence-corrected chi connectivity index (χ2v) is 4.49. The molecule has 1 aromatic heterocycles. The zero-order valence-electron chi connectivity index (χ0n) is 11.6. The van der Waals surface area contributed by atoms with Gasteiger partial charge in [0, 0.05) is 12.1 Å². The van der Waals surface area contributed by atoms with Crippen LogP contribution in [0, 0.1) is 0 Å². The molecule has 2 rings (SSSR count). The minimum atomic E-state index is -0.520. The molecule has 2 aromatic rings. The summed E-state index contributed by atoms with van der Waals surface area (Å²) >= 11 is 0. The molecule has 0 saturated heterocycles. The largest absolute Gasteiger partial charge is 0.494 e. The van der Waals surface area contributed by atoms with Crippen LogP contribution in [0.2, 0.25) is 0 Å². The number of carbonyl (C=O) groups excluding carboxylic acids is 1. The lowest BCUT2D eigenvalue weighted by Gasteiger charge is -2.10. The Morgan fingerprint density at radius 2 is 2.25 bits per heavy atom. The molecule has 0 atom stereocenters. The van der Waals surface area contributed by atoms with Gasteiger partial charge in [-0.1, -0.05) is 0 Å². The standard InChI is InChI=1S/C13H19N5O2/c1-16-4-3-5-18-11-9(17-13(18)15)6-8(12(14)19)7-10(11)20-2/h6-7,16H,3-5H2,1-2H3,(H2,14,19)(H2,15,17). The van der Waals surface area contributed by atoms with Crippen molar-refractivity contribution in [2.24, 2.45) is 5.73 Å². The van der Waals surface area contributed by atoms with Crippen LogP contribution in [0.1, 0.15) is 16.8 Å². The number of carbonyl (C=O) groups is 1. The third kappa shape index (κ3) is 2.53. The normalized spacial score (nSPS) is 10.9. The highest BCUT2D eigenvalue weighted by molar-refractivity contribution is 5.98. The summed E-state index contributed by atoms with van der Waals surface area (Å²) in [7, 11) is 3.44. The Morgan fingerprint density at radius 3 is 2.85 bits per heavy atom. The summed E-state index contributed by atoms with van der Waals surface area (Å²) in [5.74, 6) is 0.425. The topological polar surface area (TPSA) is 108 Å². The summed E-state index contributed by atoms with van der Waals surface area (Å²) in [5.41, 5.74) is 13.0. The molecule has 0 aliphatic heterocycles. The van der Waals surface area contributed by atoms with Gasteiger partial charge in [-0.2, -0.15) is 0 Å². The van der Waals surface area contributed by atoms with E-state index in [1.54, 1.807) is 19.2 Å². The van der Waals surface area contributed by atoms with E-state index in [9.17, 15) is 4.79 Å². The fraction of sp³-hybridized carbons (Fsp3) is 0.385. The number of imidazole rings is 1. The van der Waals surface area contributed by atoms with E-state index in [-0.39, 0.29) is 0 Å². The van der Waals surface area contributed by atoms with Gasteiger partial charge in [0.2, 0.25) is 11.9 Å². The van der Waals surface area contributed by atoms with E-state index in [0.717, 1.165) is 25.0 Å². The highest BCUT2D eigenvalue weighted by Crippen LogP contribution is 2.29. The number of amides is 1. The number of hydrogen-bond donors (Lipinski definition) is 3. The number of primary amides is 1. The lowest BCUT2D eigenvalue weighted by molar-refractivity contribution is 0.1000. The van der Waals surface area contributed by atoms with Crippen molar-refractivity contribution >= 4 is 22.9 Å². The zero-order chi connectivity index (χ0) is 14.7. The fourth-order valence-electron chi connectivity index (χ4n) is 2.19. The average molecular weight is 277 g/mol. The number of aromatic nitrogens is 2. The quantitative estimate of drug-likeness (QED) is 0.660. The van der Waals surface area contributed by atoms with Gasteiger partial charge in [-0.05, 0) is 32.1 Å². The van der Waals surface area contributed by atoms with E-state index in [1.165, 1.54) is 0 Å². The molecule has 5 N–H and O–H groups in total. The average Bonchev–Trinajstić information content (AvgIpc) is 2.74. The highest BCUT2D eigenvalue weighted by atomic mass is 16.5. The van der Waals surface area contributed by atoms with Crippen molar-refractivity contribution in [3.63, 3.8) is 0 Å². The van der Waals surface area contributed by atoms with E-state index < -0.39 is 5.91 Å². The van der Waals surface area contributed by atoms with Gasteiger partial charge in [0.05, 0.1) is 12.6 Å². The first-order valence-electron chi connectivity index (χ1n) is 6.36. The molecule has 1 amide bonds. The molecule has 20 heavy (non-hydrogen) atoms. The van der Waals surface area contributed by atoms with Crippen molar-refractivity contribution in [2.75, 3.05) is 26.4 Å². The van der Waals surface area contributed by atoms with Gasteiger partial charge < -0.3 is 26.1 Å². The Morgan fingerprint density at radius 1 is 1.50 bits per heavy atom. The van der Waals surface area contributed by atoms with Crippen LogP contribution in [-0.2, 0) is 6.54 Å². The number of benzene rings is 1. The first kappa shape index (κ1) is 14.1. The number of nitrogens with two attached hydrogens (primary N) is 2. The van der Waals surface area contributed by atoms with E-state index in [4.69, 9.17) is 16.2 Å². The number of nitrogen functional groups attached to an aromatic ring is 1. The van der Waals surface area contributed by atoms with Gasteiger partial charge >= 0.3 is 0 Å². The summed E-state index contributed by atoms with van der Waals surface area (Å²) < 4.78 is 7.22. The predicted molar refractivity (Wildman–Crippen MR) is 77.8 cm³/mol. The number of fused-ring (bicyclic) bond motifs is 1. The summed E-state index contributed by atoms with van der Waals surface area (Å²) in [4.78, 5) is 15.6. The van der Waals surface area contributed by atoms with Gasteiger partial charge in [0.1, 0.15) is 11.3 Å². The van der Waals surface area contributed by atoms with E-state index in [1.807, 2.05) is 11.6 Å². The molecule has 0 bridgehead atoms. The van der Waals surface area contributed by atoms with Crippen LogP contribution in [0.25, 0.3) is 11.0 Å². The maximum atomic E-state index is 11.3. The minimum Gasteiger partial charge on any atom is -0.494 e. The summed E-state index contributed by atoms with van der Waals surface area (Å²) in [6.07, 6.45) is 0.910. The molecule has 0 spiro atoms. The summed E-state index contributed by atoms with van der Waals surface area (Å²) in [6, 6.07) is 3.24. The molecular formula is C13H19N5O2. The van der Waals surface area contributed by atoms with Crippen molar-refractivity contribution in [3.05, 3.63) is 17.7 Å². The molecule has 1 heterocycles. The van der Waals surface area contributed by atoms with Gasteiger partial charge in [-0.3, -0.25) is 4.79 Å². The van der Waals surface area contributed by atoms with E-state index >= 15 is 0 Å². The third-order valence-electron chi connectivity index (χ3n) is 3.15. The first-order chi connectivity index (χ1) is 9.58. The Hall–Kier alpha value is -2.28. The first-order valence-corrected chi connectivity index (χ1v) is 6.36. The number of anilines is 1. The number of methoxy groups -OCH3 is 1. The molecule has 0 saturated carbocycles. The van der Waals surface area contributed by atoms with Crippen LogP contribution in [0.4, 0.5) is 5.95 Å². The Bertz CT molecular complexity index is 635. The van der Waals surface area contributed by atoms with Crippen LogP contribution < -0.4 is 21.5 Å². The lowest BCUT2D eigenvalue weighted by Crippen LogP contribution is -2.13. The lowest BCUT2D eigenvalue weighted by atomic mass is 10.1. The van der Waals surface area contributed by atoms with Crippen LogP contribution in [0.5, 0.6) is 5.75 Å². The number of ether oxygens (including phenoxy) is 1. The van der Waals surface area contributed by atoms with Crippen molar-refractivity contribution in [2.45, 2.75) is 13.0 Å². The number of nitrogens with zero attached hydrogens (tertiary/aromatic N) is 2. The number of rotatable bonds is 6. The minimum absolute atomic E-state index is 0.356. The molecule has 1 aromatic carbocycles. The second kappa shape index (κ2) is 5.79. The number of hydrogen-bond acceptors (Lipinski definition) is 5. The van der Waals surface area contributed by atoms with Crippen molar-refractivity contribution < 1.29 is 9.53 Å². The van der Waals surface area contributed by atoms with Crippen LogP contribution in [-0.4, -0.2) is 36.2 Å². The van der Waals surface area contributed by atoms with Gasteiger partial charge in [-0.25, -0.2) is 4.98 Å². The Labute approximate surface area is 116 Å². The molecule has 0 unspecified atom stereocenters. The fourth-order valence-corrected chi connectivity index (χ4v) is 2.19. The summed E-state index contributed by atoms with van der Waals surface area (Å²) in [6.45, 7) is 1.59. The molecular weight excluding hydrogens is 258 g/mol. The third-order valence-corrected chi connectivity index (χ3v) is 3.15.